The molecule has 0 radical (unpaired) electrons. The van der Waals surface area contributed by atoms with Crippen molar-refractivity contribution in [3.63, 3.8) is 0 Å². The first-order chi connectivity index (χ1) is 16.1. The van der Waals surface area contributed by atoms with Gasteiger partial charge in [0.1, 0.15) is 22.7 Å². The second kappa shape index (κ2) is 9.88. The Labute approximate surface area is 190 Å². The number of hydrogen-bond donors (Lipinski definition) is 3. The predicted molar refractivity (Wildman–Crippen MR) is 124 cm³/mol. The average Bonchev–Trinajstić information content (AvgIpc) is 3.25. The smallest absolute Gasteiger partial charge is 0.261 e. The Hall–Kier alpha value is -4.31. The zero-order chi connectivity index (χ0) is 23.2. The standard InChI is InChI=1S/C23H23N7O3/c1-14-19(20(30-33-14)15-6-4-3-5-7-15)21(31)28-18-9-8-17(29-22(18)32-2)16-12-26-23(27-13-16)25-11-10-24/h3-9,12-13H,10-11,24H2,1-2H3,(H,28,31)(H,25,26,27). The second-order valence-corrected chi connectivity index (χ2v) is 7.05. The average molecular weight is 445 g/mol. The number of methoxy groups -OCH3 is 1. The topological polar surface area (TPSA) is 141 Å². The number of nitrogens with two attached hydrogens (primary N) is 1. The van der Waals surface area contributed by atoms with Crippen LogP contribution in [0.25, 0.3) is 22.5 Å². The van der Waals surface area contributed by atoms with Gasteiger partial charge in [-0.15, -0.1) is 0 Å². The number of ether oxygens (including phenoxy) is 1. The van der Waals surface area contributed by atoms with Gasteiger partial charge in [0.2, 0.25) is 11.8 Å². The van der Waals surface area contributed by atoms with Crippen LogP contribution in [0.3, 0.4) is 0 Å². The van der Waals surface area contributed by atoms with Crippen molar-refractivity contribution < 1.29 is 14.1 Å². The number of nitrogens with zero attached hydrogens (tertiary/aromatic N) is 4. The summed E-state index contributed by atoms with van der Waals surface area (Å²) in [5.41, 5.74) is 8.78. The summed E-state index contributed by atoms with van der Waals surface area (Å²) in [5, 5.41) is 9.92. The molecule has 0 aliphatic carbocycles. The van der Waals surface area contributed by atoms with Crippen LogP contribution in [0.1, 0.15) is 16.1 Å². The van der Waals surface area contributed by atoms with Crippen LogP contribution in [0.2, 0.25) is 0 Å². The highest BCUT2D eigenvalue weighted by Crippen LogP contribution is 2.30. The number of nitrogens with one attached hydrogen (secondary N) is 2. The number of anilines is 2. The van der Waals surface area contributed by atoms with Crippen LogP contribution in [0, 0.1) is 6.92 Å². The summed E-state index contributed by atoms with van der Waals surface area (Å²) in [6, 6.07) is 12.8. The molecule has 168 valence electrons. The largest absolute Gasteiger partial charge is 0.479 e. The van der Waals surface area contributed by atoms with Crippen molar-refractivity contribution in [3.8, 4) is 28.4 Å². The lowest BCUT2D eigenvalue weighted by Crippen LogP contribution is -2.15. The minimum Gasteiger partial charge on any atom is -0.479 e. The van der Waals surface area contributed by atoms with Gasteiger partial charge in [-0.25, -0.2) is 15.0 Å². The summed E-state index contributed by atoms with van der Waals surface area (Å²) in [6.07, 6.45) is 3.30. The number of hydrogen-bond acceptors (Lipinski definition) is 9. The molecule has 10 heteroatoms. The van der Waals surface area contributed by atoms with Crippen molar-refractivity contribution in [2.45, 2.75) is 6.92 Å². The molecule has 0 unspecified atom stereocenters. The first kappa shape index (κ1) is 21.9. The summed E-state index contributed by atoms with van der Waals surface area (Å²) >= 11 is 0. The molecule has 4 N–H and O–H groups in total. The Kier molecular flexibility index (Phi) is 6.56. The van der Waals surface area contributed by atoms with Gasteiger partial charge in [0.15, 0.2) is 0 Å². The molecule has 1 aromatic carbocycles. The summed E-state index contributed by atoms with van der Waals surface area (Å²) in [6.45, 7) is 2.76. The van der Waals surface area contributed by atoms with Crippen molar-refractivity contribution in [1.29, 1.82) is 0 Å². The van der Waals surface area contributed by atoms with Crippen molar-refractivity contribution in [1.82, 2.24) is 20.1 Å². The molecule has 0 spiro atoms. The molecule has 4 rings (SSSR count). The molecular formula is C23H23N7O3. The van der Waals surface area contributed by atoms with Gasteiger partial charge < -0.3 is 25.6 Å². The number of carbonyl (C=O) groups excluding carboxylic acids is 1. The maximum atomic E-state index is 13.1. The predicted octanol–water partition coefficient (Wildman–Crippen LogP) is 3.13. The summed E-state index contributed by atoms with van der Waals surface area (Å²) < 4.78 is 10.7. The molecule has 3 heterocycles. The highest BCUT2D eigenvalue weighted by atomic mass is 16.5. The molecular weight excluding hydrogens is 422 g/mol. The van der Waals surface area contributed by atoms with Gasteiger partial charge in [0, 0.05) is 36.6 Å². The molecule has 0 saturated heterocycles. The number of pyridine rings is 1. The fraction of sp³-hybridized carbons (Fsp3) is 0.174. The van der Waals surface area contributed by atoms with E-state index in [1.54, 1.807) is 31.5 Å². The molecule has 0 bridgehead atoms. The van der Waals surface area contributed by atoms with Crippen LogP contribution in [-0.2, 0) is 0 Å². The number of aromatic nitrogens is 4. The van der Waals surface area contributed by atoms with E-state index in [4.69, 9.17) is 15.0 Å². The highest BCUT2D eigenvalue weighted by molar-refractivity contribution is 6.09. The van der Waals surface area contributed by atoms with Gasteiger partial charge in [-0.1, -0.05) is 35.5 Å². The van der Waals surface area contributed by atoms with E-state index in [0.29, 0.717) is 53.0 Å². The number of benzene rings is 1. The van der Waals surface area contributed by atoms with Crippen molar-refractivity contribution >= 4 is 17.5 Å². The SMILES string of the molecule is COc1nc(-c2cnc(NCCN)nc2)ccc1NC(=O)c1c(-c2ccccc2)noc1C. The maximum absolute atomic E-state index is 13.1. The zero-order valence-corrected chi connectivity index (χ0v) is 18.2. The van der Waals surface area contributed by atoms with Gasteiger partial charge in [-0.05, 0) is 19.1 Å². The first-order valence-corrected chi connectivity index (χ1v) is 10.2. The van der Waals surface area contributed by atoms with Gasteiger partial charge in [0.25, 0.3) is 5.91 Å². The Morgan fingerprint density at radius 2 is 1.85 bits per heavy atom. The maximum Gasteiger partial charge on any atom is 0.261 e. The summed E-state index contributed by atoms with van der Waals surface area (Å²) in [4.78, 5) is 26.1. The van der Waals surface area contributed by atoms with Crippen LogP contribution in [-0.4, -0.2) is 46.2 Å². The van der Waals surface area contributed by atoms with Gasteiger partial charge in [0.05, 0.1) is 12.8 Å². The molecule has 1 amide bonds. The highest BCUT2D eigenvalue weighted by Gasteiger charge is 2.23. The quantitative estimate of drug-likeness (QED) is 0.373. The Bertz CT molecular complexity index is 1240. The normalized spacial score (nSPS) is 10.6. The van der Waals surface area contributed by atoms with Crippen LogP contribution < -0.4 is 21.1 Å². The zero-order valence-electron chi connectivity index (χ0n) is 18.2. The number of aryl methyl sites for hydroxylation is 1. The van der Waals surface area contributed by atoms with E-state index in [2.05, 4.69) is 30.7 Å². The molecule has 0 fully saturated rings. The van der Waals surface area contributed by atoms with E-state index in [-0.39, 0.29) is 11.8 Å². The lowest BCUT2D eigenvalue weighted by Gasteiger charge is -2.11. The molecule has 4 aromatic rings. The van der Waals surface area contributed by atoms with Gasteiger partial charge in [-0.2, -0.15) is 0 Å². The van der Waals surface area contributed by atoms with E-state index in [1.165, 1.54) is 7.11 Å². The summed E-state index contributed by atoms with van der Waals surface area (Å²) in [7, 11) is 1.48. The third-order valence-corrected chi connectivity index (χ3v) is 4.81. The van der Waals surface area contributed by atoms with Gasteiger partial charge >= 0.3 is 0 Å². The number of amides is 1. The fourth-order valence-electron chi connectivity index (χ4n) is 3.20. The van der Waals surface area contributed by atoms with Crippen LogP contribution >= 0.6 is 0 Å². The first-order valence-electron chi connectivity index (χ1n) is 10.2. The Morgan fingerprint density at radius 3 is 2.55 bits per heavy atom. The molecule has 0 atom stereocenters. The third-order valence-electron chi connectivity index (χ3n) is 4.81. The molecule has 33 heavy (non-hydrogen) atoms. The molecule has 10 nitrogen and oxygen atoms in total. The molecule has 0 aliphatic heterocycles. The Morgan fingerprint density at radius 1 is 1.09 bits per heavy atom. The van der Waals surface area contributed by atoms with E-state index >= 15 is 0 Å². The number of carbonyl (C=O) groups is 1. The van der Waals surface area contributed by atoms with Crippen LogP contribution in [0.15, 0.2) is 59.4 Å². The third kappa shape index (κ3) is 4.80. The lowest BCUT2D eigenvalue weighted by atomic mass is 10.1. The van der Waals surface area contributed by atoms with Crippen molar-refractivity contribution in [2.24, 2.45) is 5.73 Å². The molecule has 3 aromatic heterocycles. The minimum absolute atomic E-state index is 0.251. The van der Waals surface area contributed by atoms with E-state index < -0.39 is 0 Å². The fourth-order valence-corrected chi connectivity index (χ4v) is 3.20. The lowest BCUT2D eigenvalue weighted by molar-refractivity contribution is 0.102. The molecule has 0 saturated carbocycles. The van der Waals surface area contributed by atoms with Crippen LogP contribution in [0.5, 0.6) is 5.88 Å². The summed E-state index contributed by atoms with van der Waals surface area (Å²) in [5.74, 6) is 0.773. The van der Waals surface area contributed by atoms with E-state index in [9.17, 15) is 4.79 Å². The van der Waals surface area contributed by atoms with Crippen LogP contribution in [0.4, 0.5) is 11.6 Å². The molecule has 0 aliphatic rings. The minimum atomic E-state index is -0.376. The van der Waals surface area contributed by atoms with Crippen molar-refractivity contribution in [2.75, 3.05) is 30.8 Å². The van der Waals surface area contributed by atoms with E-state index in [0.717, 1.165) is 5.56 Å². The van der Waals surface area contributed by atoms with E-state index in [1.807, 2.05) is 30.3 Å². The monoisotopic (exact) mass is 445 g/mol. The number of rotatable bonds is 8. The van der Waals surface area contributed by atoms with Gasteiger partial charge in [-0.3, -0.25) is 4.79 Å². The van der Waals surface area contributed by atoms with Crippen molar-refractivity contribution in [3.05, 3.63) is 66.2 Å². The Balaban J connectivity index is 1.57. The second-order valence-electron chi connectivity index (χ2n) is 7.05.